The minimum Gasteiger partial charge on any atom is -0.465 e. The minimum atomic E-state index is -0.767. The zero-order chi connectivity index (χ0) is 12.3. The Morgan fingerprint density at radius 2 is 1.94 bits per heavy atom. The summed E-state index contributed by atoms with van der Waals surface area (Å²) >= 11 is 4.55. The van der Waals surface area contributed by atoms with Crippen molar-refractivity contribution in [3.63, 3.8) is 0 Å². The van der Waals surface area contributed by atoms with Gasteiger partial charge in [-0.3, -0.25) is 0 Å². The SMILES string of the molecule is O=C(O)N1CCC(CN2CCCC(S)C2)CC1. The number of piperidine rings is 2. The van der Waals surface area contributed by atoms with Gasteiger partial charge in [-0.25, -0.2) is 4.79 Å². The molecule has 0 aromatic carbocycles. The summed E-state index contributed by atoms with van der Waals surface area (Å²) in [7, 11) is 0. The number of thiol groups is 1. The monoisotopic (exact) mass is 258 g/mol. The molecule has 0 saturated carbocycles. The summed E-state index contributed by atoms with van der Waals surface area (Å²) < 4.78 is 0. The molecule has 2 rings (SSSR count). The maximum atomic E-state index is 10.8. The first-order valence-corrected chi connectivity index (χ1v) is 7.05. The van der Waals surface area contributed by atoms with Crippen molar-refractivity contribution in [3.05, 3.63) is 0 Å². The van der Waals surface area contributed by atoms with Crippen LogP contribution in [-0.4, -0.2) is 59.0 Å². The van der Waals surface area contributed by atoms with Gasteiger partial charge in [-0.1, -0.05) is 0 Å². The van der Waals surface area contributed by atoms with Crippen molar-refractivity contribution in [2.45, 2.75) is 30.9 Å². The summed E-state index contributed by atoms with van der Waals surface area (Å²) in [6.45, 7) is 4.83. The van der Waals surface area contributed by atoms with E-state index in [4.69, 9.17) is 5.11 Å². The predicted octanol–water partition coefficient (Wildman–Crippen LogP) is 1.77. The molecule has 2 aliphatic rings. The van der Waals surface area contributed by atoms with Crippen molar-refractivity contribution in [3.8, 4) is 0 Å². The molecule has 5 heteroatoms. The molecule has 1 N–H and O–H groups in total. The van der Waals surface area contributed by atoms with Crippen LogP contribution in [0.2, 0.25) is 0 Å². The van der Waals surface area contributed by atoms with Gasteiger partial charge in [0.2, 0.25) is 0 Å². The molecule has 0 spiro atoms. The molecular weight excluding hydrogens is 236 g/mol. The number of carbonyl (C=O) groups is 1. The average molecular weight is 258 g/mol. The Morgan fingerprint density at radius 1 is 1.24 bits per heavy atom. The lowest BCUT2D eigenvalue weighted by molar-refractivity contribution is 0.110. The van der Waals surface area contributed by atoms with Crippen molar-refractivity contribution < 1.29 is 9.90 Å². The maximum Gasteiger partial charge on any atom is 0.407 e. The van der Waals surface area contributed by atoms with Crippen molar-refractivity contribution in [1.29, 1.82) is 0 Å². The van der Waals surface area contributed by atoms with E-state index in [0.29, 0.717) is 24.3 Å². The third-order valence-corrected chi connectivity index (χ3v) is 4.30. The van der Waals surface area contributed by atoms with E-state index in [1.165, 1.54) is 24.3 Å². The Kier molecular flexibility index (Phi) is 4.56. The number of rotatable bonds is 2. The predicted molar refractivity (Wildman–Crippen MR) is 70.8 cm³/mol. The van der Waals surface area contributed by atoms with Crippen LogP contribution in [0.4, 0.5) is 4.79 Å². The normalized spacial score (nSPS) is 28.3. The molecule has 0 aromatic heterocycles. The second-order valence-corrected chi connectivity index (χ2v) is 6.00. The maximum absolute atomic E-state index is 10.8. The van der Waals surface area contributed by atoms with E-state index in [1.54, 1.807) is 0 Å². The quantitative estimate of drug-likeness (QED) is 0.742. The molecule has 17 heavy (non-hydrogen) atoms. The van der Waals surface area contributed by atoms with Gasteiger partial charge in [-0.15, -0.1) is 0 Å². The van der Waals surface area contributed by atoms with E-state index in [9.17, 15) is 4.79 Å². The largest absolute Gasteiger partial charge is 0.465 e. The van der Waals surface area contributed by atoms with E-state index in [-0.39, 0.29) is 0 Å². The van der Waals surface area contributed by atoms with Gasteiger partial charge >= 0.3 is 6.09 Å². The lowest BCUT2D eigenvalue weighted by atomic mass is 9.95. The van der Waals surface area contributed by atoms with Crippen molar-refractivity contribution in [1.82, 2.24) is 9.80 Å². The third kappa shape index (κ3) is 3.78. The zero-order valence-corrected chi connectivity index (χ0v) is 11.1. The van der Waals surface area contributed by atoms with E-state index in [0.717, 1.165) is 25.9 Å². The first-order chi connectivity index (χ1) is 8.15. The topological polar surface area (TPSA) is 43.8 Å². The molecule has 2 aliphatic heterocycles. The van der Waals surface area contributed by atoms with E-state index < -0.39 is 6.09 Å². The molecule has 1 amide bonds. The third-order valence-electron chi connectivity index (χ3n) is 3.88. The van der Waals surface area contributed by atoms with Crippen LogP contribution >= 0.6 is 12.6 Å². The Balaban J connectivity index is 1.72. The molecule has 4 nitrogen and oxygen atoms in total. The smallest absolute Gasteiger partial charge is 0.407 e. The highest BCUT2D eigenvalue weighted by molar-refractivity contribution is 7.81. The first kappa shape index (κ1) is 13.0. The lowest BCUT2D eigenvalue weighted by Crippen LogP contribution is -2.43. The van der Waals surface area contributed by atoms with Gasteiger partial charge < -0.3 is 14.9 Å². The minimum absolute atomic E-state index is 0.530. The molecule has 0 aliphatic carbocycles. The van der Waals surface area contributed by atoms with Crippen LogP contribution in [0.25, 0.3) is 0 Å². The molecule has 98 valence electrons. The second kappa shape index (κ2) is 5.96. The number of hydrogen-bond donors (Lipinski definition) is 2. The zero-order valence-electron chi connectivity index (χ0n) is 10.2. The highest BCUT2D eigenvalue weighted by atomic mass is 32.1. The van der Waals surface area contributed by atoms with Gasteiger partial charge in [0.1, 0.15) is 0 Å². The summed E-state index contributed by atoms with van der Waals surface area (Å²) in [4.78, 5) is 14.8. The van der Waals surface area contributed by atoms with E-state index in [2.05, 4.69) is 17.5 Å². The fourth-order valence-corrected chi connectivity index (χ4v) is 3.28. The highest BCUT2D eigenvalue weighted by Gasteiger charge is 2.25. The molecule has 1 atom stereocenters. The Labute approximate surface area is 108 Å². The fourth-order valence-electron chi connectivity index (χ4n) is 2.87. The molecule has 2 heterocycles. The van der Waals surface area contributed by atoms with Crippen LogP contribution in [0, 0.1) is 5.92 Å². The fraction of sp³-hybridized carbons (Fsp3) is 0.917. The van der Waals surface area contributed by atoms with Crippen LogP contribution in [0.15, 0.2) is 0 Å². The number of carboxylic acid groups (broad SMARTS) is 1. The van der Waals surface area contributed by atoms with Crippen LogP contribution in [-0.2, 0) is 0 Å². The second-order valence-electron chi connectivity index (χ2n) is 5.27. The van der Waals surface area contributed by atoms with Crippen molar-refractivity contribution >= 4 is 18.7 Å². The lowest BCUT2D eigenvalue weighted by Gasteiger charge is -2.36. The summed E-state index contributed by atoms with van der Waals surface area (Å²) in [5, 5.41) is 9.42. The molecule has 0 radical (unpaired) electrons. The summed E-state index contributed by atoms with van der Waals surface area (Å²) in [5.74, 6) is 0.671. The van der Waals surface area contributed by atoms with Gasteiger partial charge in [0.15, 0.2) is 0 Å². The van der Waals surface area contributed by atoms with Crippen molar-refractivity contribution in [2.24, 2.45) is 5.92 Å². The standard InChI is InChI=1S/C12H22N2O2S/c15-12(16)14-6-3-10(4-7-14)8-13-5-1-2-11(17)9-13/h10-11,17H,1-9H2,(H,15,16). The van der Waals surface area contributed by atoms with Crippen molar-refractivity contribution in [2.75, 3.05) is 32.7 Å². The van der Waals surface area contributed by atoms with Gasteiger partial charge in [-0.2, -0.15) is 12.6 Å². The Hall–Kier alpha value is -0.420. The van der Waals surface area contributed by atoms with E-state index >= 15 is 0 Å². The molecule has 2 fully saturated rings. The Bertz CT molecular complexity index is 267. The van der Waals surface area contributed by atoms with Crippen LogP contribution in [0.5, 0.6) is 0 Å². The highest BCUT2D eigenvalue weighted by Crippen LogP contribution is 2.21. The van der Waals surface area contributed by atoms with Gasteiger partial charge in [0.05, 0.1) is 0 Å². The summed E-state index contributed by atoms with van der Waals surface area (Å²) in [6.07, 6.45) is 3.75. The number of amides is 1. The van der Waals surface area contributed by atoms with Gasteiger partial charge in [-0.05, 0) is 38.1 Å². The molecule has 0 aromatic rings. The molecule has 1 unspecified atom stereocenters. The van der Waals surface area contributed by atoms with E-state index in [1.807, 2.05) is 0 Å². The average Bonchev–Trinajstić information content (AvgIpc) is 2.29. The Morgan fingerprint density at radius 3 is 2.53 bits per heavy atom. The van der Waals surface area contributed by atoms with Gasteiger partial charge in [0, 0.05) is 31.4 Å². The molecule has 0 bridgehead atoms. The molecular formula is C12H22N2O2S. The van der Waals surface area contributed by atoms with Crippen LogP contribution < -0.4 is 0 Å². The number of likely N-dealkylation sites (tertiary alicyclic amines) is 2. The summed E-state index contributed by atoms with van der Waals surface area (Å²) in [5.41, 5.74) is 0. The number of nitrogens with zero attached hydrogens (tertiary/aromatic N) is 2. The number of hydrogen-bond acceptors (Lipinski definition) is 3. The van der Waals surface area contributed by atoms with Crippen LogP contribution in [0.1, 0.15) is 25.7 Å². The van der Waals surface area contributed by atoms with Gasteiger partial charge in [0.25, 0.3) is 0 Å². The first-order valence-electron chi connectivity index (χ1n) is 6.53. The van der Waals surface area contributed by atoms with Crippen LogP contribution in [0.3, 0.4) is 0 Å². The summed E-state index contributed by atoms with van der Waals surface area (Å²) in [6, 6.07) is 0. The molecule has 2 saturated heterocycles.